The van der Waals surface area contributed by atoms with E-state index in [2.05, 4.69) is 51.3 Å². The topological polar surface area (TPSA) is 76.1 Å². The lowest BCUT2D eigenvalue weighted by Crippen LogP contribution is -2.36. The average molecular weight is 615 g/mol. The first-order chi connectivity index (χ1) is 21.2. The summed E-state index contributed by atoms with van der Waals surface area (Å²) in [7, 11) is 1.63. The highest BCUT2D eigenvalue weighted by atomic mass is 16.5. The maximum absolute atomic E-state index is 13.3. The number of benzene rings is 2. The molecule has 0 bridgehead atoms. The number of anilines is 1. The van der Waals surface area contributed by atoms with Crippen LogP contribution in [0.25, 0.3) is 0 Å². The van der Waals surface area contributed by atoms with Gasteiger partial charge in [0.2, 0.25) is 0 Å². The number of carbonyl (C=O) groups excluding carboxylic acids is 3. The largest absolute Gasteiger partial charge is 0.497 e. The summed E-state index contributed by atoms with van der Waals surface area (Å²) in [5.41, 5.74) is 3.52. The normalized spacial score (nSPS) is 17.4. The molecular weight excluding hydrogens is 564 g/mol. The Morgan fingerprint density at radius 3 is 2.07 bits per heavy atom. The number of Topliss-reactive ketones (excluding diaryl/α,β-unsaturated/α-hetero) is 3. The molecule has 0 radical (unpaired) electrons. The van der Waals surface area contributed by atoms with Gasteiger partial charge < -0.3 is 19.3 Å². The monoisotopic (exact) mass is 614 g/mol. The summed E-state index contributed by atoms with van der Waals surface area (Å²) < 4.78 is 11.7. The van der Waals surface area contributed by atoms with E-state index in [-0.39, 0.29) is 41.2 Å². The number of ether oxygens (including phenoxy) is 2. The van der Waals surface area contributed by atoms with E-state index in [0.29, 0.717) is 23.7 Å². The second-order valence-electron chi connectivity index (χ2n) is 14.0. The first kappa shape index (κ1) is 34.0. The van der Waals surface area contributed by atoms with Crippen LogP contribution in [0.4, 0.5) is 5.69 Å². The summed E-state index contributed by atoms with van der Waals surface area (Å²) >= 11 is 0. The van der Waals surface area contributed by atoms with Crippen molar-refractivity contribution < 1.29 is 23.9 Å². The third-order valence-electron chi connectivity index (χ3n) is 9.07. The Bertz CT molecular complexity index is 1470. The van der Waals surface area contributed by atoms with Crippen molar-refractivity contribution in [3.8, 4) is 11.5 Å². The molecule has 7 heteroatoms. The number of rotatable bonds is 13. The zero-order valence-corrected chi connectivity index (χ0v) is 28.4. The third-order valence-corrected chi connectivity index (χ3v) is 9.07. The summed E-state index contributed by atoms with van der Waals surface area (Å²) in [5.74, 6) is 1.69. The second-order valence-corrected chi connectivity index (χ2v) is 14.0. The van der Waals surface area contributed by atoms with Gasteiger partial charge in [-0.25, -0.2) is 0 Å². The first-order valence-corrected chi connectivity index (χ1v) is 16.2. The molecule has 0 atom stereocenters. The molecule has 242 valence electrons. The number of hydrogen-bond donors (Lipinski definition) is 0. The van der Waals surface area contributed by atoms with Gasteiger partial charge in [-0.15, -0.1) is 0 Å². The van der Waals surface area contributed by atoms with Crippen LogP contribution < -0.4 is 14.4 Å². The number of allylic oxidation sites excluding steroid dienone is 2. The Hall–Kier alpha value is -3.87. The molecule has 0 fully saturated rings. The molecule has 2 aliphatic rings. The van der Waals surface area contributed by atoms with Gasteiger partial charge in [0, 0.05) is 66.4 Å². The molecule has 0 unspecified atom stereocenters. The lowest BCUT2D eigenvalue weighted by molar-refractivity contribution is -0.117. The molecule has 7 nitrogen and oxygen atoms in total. The highest BCUT2D eigenvalue weighted by molar-refractivity contribution is 6.13. The van der Waals surface area contributed by atoms with E-state index < -0.39 is 0 Å². The Balaban J connectivity index is 1.46. The highest BCUT2D eigenvalue weighted by Crippen LogP contribution is 2.39. The maximum atomic E-state index is 13.3. The van der Waals surface area contributed by atoms with E-state index >= 15 is 0 Å². The van der Waals surface area contributed by atoms with Gasteiger partial charge in [-0.05, 0) is 72.1 Å². The average Bonchev–Trinajstić information content (AvgIpc) is 3.00. The summed E-state index contributed by atoms with van der Waals surface area (Å²) in [6.07, 6.45) is 6.04. The van der Waals surface area contributed by atoms with Crippen molar-refractivity contribution in [3.63, 3.8) is 0 Å². The smallest absolute Gasteiger partial charge is 0.170 e. The molecule has 0 saturated carbocycles. The Morgan fingerprint density at radius 1 is 0.822 bits per heavy atom. The van der Waals surface area contributed by atoms with Crippen molar-refractivity contribution in [3.05, 3.63) is 77.1 Å². The van der Waals surface area contributed by atoms with Gasteiger partial charge in [0.25, 0.3) is 0 Å². The molecule has 0 aromatic heterocycles. The molecule has 0 spiro atoms. The van der Waals surface area contributed by atoms with E-state index in [1.165, 1.54) is 0 Å². The van der Waals surface area contributed by atoms with E-state index in [1.54, 1.807) is 31.4 Å². The van der Waals surface area contributed by atoms with Gasteiger partial charge in [-0.3, -0.25) is 14.4 Å². The van der Waals surface area contributed by atoms with Crippen LogP contribution in [0.15, 0.2) is 66.0 Å². The summed E-state index contributed by atoms with van der Waals surface area (Å²) in [5, 5.41) is 0. The van der Waals surface area contributed by atoms with E-state index in [4.69, 9.17) is 9.47 Å². The second kappa shape index (κ2) is 14.1. The molecule has 45 heavy (non-hydrogen) atoms. The zero-order chi connectivity index (χ0) is 32.9. The molecule has 0 N–H and O–H groups in total. The van der Waals surface area contributed by atoms with Crippen molar-refractivity contribution in [1.82, 2.24) is 4.90 Å². The predicted octanol–water partition coefficient (Wildman–Crippen LogP) is 7.79. The number of carbonyl (C=O) groups is 3. The van der Waals surface area contributed by atoms with Gasteiger partial charge in [0.1, 0.15) is 18.1 Å². The van der Waals surface area contributed by atoms with Crippen molar-refractivity contribution >= 4 is 23.0 Å². The molecule has 0 amide bonds. The Kier molecular flexibility index (Phi) is 10.6. The fourth-order valence-electron chi connectivity index (χ4n) is 6.13. The minimum atomic E-state index is -0.255. The van der Waals surface area contributed by atoms with Crippen LogP contribution in [0, 0.1) is 16.7 Å². The maximum Gasteiger partial charge on any atom is 0.170 e. The first-order valence-electron chi connectivity index (χ1n) is 16.2. The third kappa shape index (κ3) is 8.24. The lowest BCUT2D eigenvalue weighted by Gasteiger charge is -2.37. The van der Waals surface area contributed by atoms with Gasteiger partial charge in [0.05, 0.1) is 13.5 Å². The molecular formula is C38H50N2O5. The molecule has 0 aliphatic carbocycles. The fourth-order valence-corrected chi connectivity index (χ4v) is 6.13. The molecule has 2 aromatic carbocycles. The highest BCUT2D eigenvalue weighted by Gasteiger charge is 2.34. The Labute approximate surface area is 269 Å². The van der Waals surface area contributed by atoms with E-state index in [0.717, 1.165) is 60.6 Å². The number of nitrogens with zero attached hydrogens (tertiary/aromatic N) is 2. The molecule has 2 aromatic rings. The number of hydrogen-bond acceptors (Lipinski definition) is 7. The summed E-state index contributed by atoms with van der Waals surface area (Å²) in [4.78, 5) is 43.5. The van der Waals surface area contributed by atoms with Crippen LogP contribution in [0.5, 0.6) is 11.5 Å². The number of ketones is 3. The minimum Gasteiger partial charge on any atom is -0.497 e. The molecule has 2 aliphatic heterocycles. The SMILES string of the molecule is CCC(=O)C1=CN(c2ccc(OC)cc2COc2ccc(C(=O)CC(=O)C3=CN(CC(C)C)CCC3(C)C)cc2)CCC1(C)C. The van der Waals surface area contributed by atoms with Gasteiger partial charge in [0.15, 0.2) is 17.3 Å². The van der Waals surface area contributed by atoms with Gasteiger partial charge in [-0.2, -0.15) is 0 Å². The molecule has 2 heterocycles. The van der Waals surface area contributed by atoms with Crippen LogP contribution in [0.3, 0.4) is 0 Å². The quantitative estimate of drug-likeness (QED) is 0.168. The molecule has 0 saturated heterocycles. The van der Waals surface area contributed by atoms with E-state index in [9.17, 15) is 14.4 Å². The van der Waals surface area contributed by atoms with Crippen LogP contribution in [0.1, 0.15) is 90.1 Å². The lowest BCUT2D eigenvalue weighted by atomic mass is 9.76. The van der Waals surface area contributed by atoms with Crippen molar-refractivity contribution in [2.45, 2.75) is 80.8 Å². The van der Waals surface area contributed by atoms with Crippen LogP contribution in [-0.2, 0) is 16.2 Å². The van der Waals surface area contributed by atoms with Gasteiger partial charge >= 0.3 is 0 Å². The van der Waals surface area contributed by atoms with E-state index in [1.807, 2.05) is 37.5 Å². The van der Waals surface area contributed by atoms with Crippen LogP contribution in [-0.4, -0.2) is 49.0 Å². The predicted molar refractivity (Wildman–Crippen MR) is 180 cm³/mol. The van der Waals surface area contributed by atoms with Crippen LogP contribution in [0.2, 0.25) is 0 Å². The minimum absolute atomic E-state index is 0.108. The summed E-state index contributed by atoms with van der Waals surface area (Å²) in [6.45, 7) is 17.5. The van der Waals surface area contributed by atoms with Gasteiger partial charge in [-0.1, -0.05) is 48.5 Å². The Morgan fingerprint density at radius 2 is 1.44 bits per heavy atom. The number of methoxy groups -OCH3 is 1. The standard InChI is InChI=1S/C38H50N2O5/c1-9-34(41)32-24-40(19-17-38(32,6)7)33-15-14-30(44-8)20-28(33)25-45-29-12-10-27(11-13-29)35(42)21-36(43)31-23-39(22-26(2)3)18-16-37(31,4)5/h10-15,20,23-24,26H,9,16-19,21-22,25H2,1-8H3. The van der Waals surface area contributed by atoms with Crippen molar-refractivity contribution in [2.75, 3.05) is 31.6 Å². The van der Waals surface area contributed by atoms with Crippen LogP contribution >= 0.6 is 0 Å². The summed E-state index contributed by atoms with van der Waals surface area (Å²) in [6, 6.07) is 12.9. The molecule has 4 rings (SSSR count). The zero-order valence-electron chi connectivity index (χ0n) is 28.4. The van der Waals surface area contributed by atoms with Crippen molar-refractivity contribution in [1.29, 1.82) is 0 Å². The van der Waals surface area contributed by atoms with Crippen molar-refractivity contribution in [2.24, 2.45) is 16.7 Å². The fraction of sp³-hybridized carbons (Fsp3) is 0.500.